The molecule has 1 amide bonds. The molecule has 0 spiro atoms. The molecule has 2 aromatic heterocycles. The normalized spacial score (nSPS) is 17.6. The van der Waals surface area contributed by atoms with Gasteiger partial charge >= 0.3 is 0 Å². The lowest BCUT2D eigenvalue weighted by Crippen LogP contribution is -2.29. The van der Waals surface area contributed by atoms with E-state index in [1.54, 1.807) is 17.1 Å². The lowest BCUT2D eigenvalue weighted by atomic mass is 10.2. The highest BCUT2D eigenvalue weighted by Gasteiger charge is 2.20. The van der Waals surface area contributed by atoms with E-state index in [4.69, 9.17) is 4.98 Å². The van der Waals surface area contributed by atoms with Gasteiger partial charge in [0.1, 0.15) is 5.65 Å². The maximum absolute atomic E-state index is 12.5. The van der Waals surface area contributed by atoms with Gasteiger partial charge in [0.15, 0.2) is 0 Å². The summed E-state index contributed by atoms with van der Waals surface area (Å²) in [6.45, 7) is 13.9. The molecule has 1 unspecified atom stereocenters. The van der Waals surface area contributed by atoms with Crippen LogP contribution in [0.2, 0.25) is 0 Å². The molecule has 0 N–H and O–H groups in total. The highest BCUT2D eigenvalue weighted by atomic mass is 16.2. The van der Waals surface area contributed by atoms with Crippen molar-refractivity contribution < 1.29 is 4.79 Å². The van der Waals surface area contributed by atoms with Crippen LogP contribution in [0.15, 0.2) is 61.6 Å². The summed E-state index contributed by atoms with van der Waals surface area (Å²) in [6.07, 6.45) is 12.2. The number of imidazole rings is 1. The topological polar surface area (TPSA) is 40.9 Å². The number of fused-ring (bicyclic) bond motifs is 1. The van der Waals surface area contributed by atoms with Crippen LogP contribution >= 0.6 is 0 Å². The fraction of sp³-hybridized carbons (Fsp3) is 0.364. The number of allylic oxidation sites excluding steroid dienone is 3. The van der Waals surface area contributed by atoms with Gasteiger partial charge in [0.05, 0.1) is 11.4 Å². The number of hydrogen-bond acceptors (Lipinski definition) is 3. The summed E-state index contributed by atoms with van der Waals surface area (Å²) in [5.41, 5.74) is 3.40. The summed E-state index contributed by atoms with van der Waals surface area (Å²) in [6, 6.07) is 4.52. The van der Waals surface area contributed by atoms with E-state index in [1.807, 2.05) is 29.7 Å². The van der Waals surface area contributed by atoms with Crippen LogP contribution in [0.3, 0.4) is 0 Å². The monoisotopic (exact) mass is 364 g/mol. The first kappa shape index (κ1) is 19.1. The molecule has 5 heteroatoms. The molecule has 1 fully saturated rings. The Morgan fingerprint density at radius 3 is 2.89 bits per heavy atom. The van der Waals surface area contributed by atoms with Crippen molar-refractivity contribution in [3.63, 3.8) is 0 Å². The molecule has 0 radical (unpaired) electrons. The second-order valence-electron chi connectivity index (χ2n) is 7.17. The van der Waals surface area contributed by atoms with E-state index in [-0.39, 0.29) is 5.91 Å². The average Bonchev–Trinajstić information content (AvgIpc) is 3.23. The lowest BCUT2D eigenvalue weighted by molar-refractivity contribution is -0.113. The van der Waals surface area contributed by atoms with Crippen molar-refractivity contribution in [1.29, 1.82) is 0 Å². The Morgan fingerprint density at radius 1 is 1.41 bits per heavy atom. The van der Waals surface area contributed by atoms with E-state index in [0.717, 1.165) is 30.0 Å². The smallest absolute Gasteiger partial charge is 0.255 e. The van der Waals surface area contributed by atoms with Crippen LogP contribution in [0.5, 0.6) is 0 Å². The van der Waals surface area contributed by atoms with Crippen LogP contribution in [0, 0.1) is 0 Å². The number of nitrogens with zero attached hydrogens (tertiary/aromatic N) is 4. The van der Waals surface area contributed by atoms with E-state index >= 15 is 0 Å². The predicted octanol–water partition coefficient (Wildman–Crippen LogP) is 3.97. The molecule has 1 saturated heterocycles. The molecule has 0 bridgehead atoms. The molecule has 3 rings (SSSR count). The molecule has 0 aliphatic carbocycles. The quantitative estimate of drug-likeness (QED) is 0.551. The summed E-state index contributed by atoms with van der Waals surface area (Å²) >= 11 is 0. The molecule has 142 valence electrons. The molecule has 3 heterocycles. The first-order valence-electron chi connectivity index (χ1n) is 9.50. The number of pyridine rings is 1. The van der Waals surface area contributed by atoms with Gasteiger partial charge in [0, 0.05) is 43.2 Å². The van der Waals surface area contributed by atoms with Crippen molar-refractivity contribution in [3.8, 4) is 0 Å². The number of hydrogen-bond donors (Lipinski definition) is 0. The maximum Gasteiger partial charge on any atom is 0.255 e. The fourth-order valence-corrected chi connectivity index (χ4v) is 3.63. The number of carbonyl (C=O) groups is 1. The van der Waals surface area contributed by atoms with Crippen LogP contribution in [-0.4, -0.2) is 39.3 Å². The molecule has 5 nitrogen and oxygen atoms in total. The van der Waals surface area contributed by atoms with Gasteiger partial charge < -0.3 is 9.30 Å². The Morgan fingerprint density at radius 2 is 2.22 bits per heavy atom. The number of amides is 1. The maximum atomic E-state index is 12.5. The van der Waals surface area contributed by atoms with Crippen molar-refractivity contribution in [3.05, 3.63) is 67.3 Å². The first-order valence-corrected chi connectivity index (χ1v) is 9.50. The van der Waals surface area contributed by atoms with Crippen LogP contribution in [0.1, 0.15) is 32.4 Å². The number of carbonyl (C=O) groups excluding carboxylic acids is 1. The minimum atomic E-state index is -0.148. The second-order valence-corrected chi connectivity index (χ2v) is 7.17. The Bertz CT molecular complexity index is 880. The van der Waals surface area contributed by atoms with Crippen molar-refractivity contribution in [2.75, 3.05) is 18.0 Å². The number of anilines is 1. The van der Waals surface area contributed by atoms with Gasteiger partial charge in [-0.1, -0.05) is 25.3 Å². The molecule has 0 aromatic carbocycles. The van der Waals surface area contributed by atoms with Gasteiger partial charge in [-0.3, -0.25) is 9.69 Å². The van der Waals surface area contributed by atoms with Crippen molar-refractivity contribution in [2.45, 2.75) is 39.2 Å². The third-order valence-electron chi connectivity index (χ3n) is 5.07. The van der Waals surface area contributed by atoms with Crippen molar-refractivity contribution >= 4 is 17.2 Å². The van der Waals surface area contributed by atoms with Gasteiger partial charge in [0.25, 0.3) is 5.91 Å². The highest BCUT2D eigenvalue weighted by Crippen LogP contribution is 2.21. The average molecular weight is 364 g/mol. The van der Waals surface area contributed by atoms with Crippen molar-refractivity contribution in [2.24, 2.45) is 0 Å². The van der Waals surface area contributed by atoms with E-state index < -0.39 is 0 Å². The van der Waals surface area contributed by atoms with Crippen molar-refractivity contribution in [1.82, 2.24) is 14.3 Å². The highest BCUT2D eigenvalue weighted by molar-refractivity contribution is 6.03. The molecule has 2 aromatic rings. The van der Waals surface area contributed by atoms with E-state index in [9.17, 15) is 4.79 Å². The van der Waals surface area contributed by atoms with Gasteiger partial charge in [-0.2, -0.15) is 0 Å². The minimum absolute atomic E-state index is 0.148. The van der Waals surface area contributed by atoms with Crippen LogP contribution < -0.4 is 4.90 Å². The summed E-state index contributed by atoms with van der Waals surface area (Å²) in [4.78, 5) is 21.3. The second kappa shape index (κ2) is 8.35. The molecular weight excluding hydrogens is 336 g/mol. The van der Waals surface area contributed by atoms with E-state index in [1.165, 1.54) is 25.5 Å². The van der Waals surface area contributed by atoms with Gasteiger partial charge in [-0.15, -0.1) is 0 Å². The third-order valence-corrected chi connectivity index (χ3v) is 5.07. The number of aromatic nitrogens is 2. The Kier molecular flexibility index (Phi) is 5.91. The summed E-state index contributed by atoms with van der Waals surface area (Å²) in [7, 11) is 0. The summed E-state index contributed by atoms with van der Waals surface area (Å²) in [5.74, 6) is -0.148. The Hall–Kier alpha value is -2.66. The molecule has 1 aliphatic heterocycles. The van der Waals surface area contributed by atoms with Crippen LogP contribution in [0.25, 0.3) is 5.65 Å². The molecular formula is C22H28N4O. The number of rotatable bonds is 7. The van der Waals surface area contributed by atoms with Crippen LogP contribution in [0.4, 0.5) is 5.69 Å². The predicted molar refractivity (Wildman–Crippen MR) is 111 cm³/mol. The summed E-state index contributed by atoms with van der Waals surface area (Å²) in [5, 5.41) is 0. The van der Waals surface area contributed by atoms with E-state index in [2.05, 4.69) is 31.2 Å². The van der Waals surface area contributed by atoms with E-state index in [0.29, 0.717) is 11.7 Å². The molecule has 0 saturated carbocycles. The fourth-order valence-electron chi connectivity index (χ4n) is 3.63. The molecule has 27 heavy (non-hydrogen) atoms. The number of likely N-dealkylation sites (tertiary alicyclic amines) is 1. The van der Waals surface area contributed by atoms with Gasteiger partial charge in [0.2, 0.25) is 0 Å². The zero-order valence-electron chi connectivity index (χ0n) is 16.3. The third kappa shape index (κ3) is 4.37. The largest absolute Gasteiger partial charge is 0.305 e. The Labute approximate surface area is 161 Å². The summed E-state index contributed by atoms with van der Waals surface area (Å²) < 4.78 is 1.98. The van der Waals surface area contributed by atoms with Gasteiger partial charge in [-0.25, -0.2) is 4.98 Å². The SMILES string of the molecule is C=CC=CC(=O)N(C(=C)C)c1ccc2nc(CCN3CCCC3C)cn2c1. The minimum Gasteiger partial charge on any atom is -0.305 e. The molecule has 1 atom stereocenters. The van der Waals surface area contributed by atoms with Gasteiger partial charge in [-0.05, 0) is 45.4 Å². The first-order chi connectivity index (χ1) is 13.0. The Balaban J connectivity index is 1.79. The zero-order valence-corrected chi connectivity index (χ0v) is 16.3. The zero-order chi connectivity index (χ0) is 19.4. The molecule has 1 aliphatic rings. The lowest BCUT2D eigenvalue weighted by Gasteiger charge is -2.21. The van der Waals surface area contributed by atoms with Crippen LogP contribution in [-0.2, 0) is 11.2 Å². The standard InChI is InChI=1S/C22H28N4O/c1-5-6-9-22(27)26(17(2)3)20-10-11-21-23-19(15-25(21)16-20)12-14-24-13-7-8-18(24)4/h5-6,9-11,15-16,18H,1-2,7-8,12-14H2,3-4H3.